The van der Waals surface area contributed by atoms with Crippen molar-refractivity contribution >= 4 is 29.6 Å². The lowest BCUT2D eigenvalue weighted by molar-refractivity contribution is 0.342. The fourth-order valence-corrected chi connectivity index (χ4v) is 67.7. The van der Waals surface area contributed by atoms with Gasteiger partial charge < -0.3 is 4.43 Å². The van der Waals surface area contributed by atoms with Crippen LogP contribution in [0, 0.1) is 0 Å². The summed E-state index contributed by atoms with van der Waals surface area (Å²) in [5.41, 5.74) is 0. The highest BCUT2D eigenvalue weighted by Crippen LogP contribution is 2.35. The first-order chi connectivity index (χ1) is 6.81. The number of hydrogen-bond donors (Lipinski definition) is 0. The van der Waals surface area contributed by atoms with Crippen LogP contribution in [0.1, 0.15) is 6.92 Å². The molecule has 0 aliphatic carbocycles. The van der Waals surface area contributed by atoms with Crippen LogP contribution in [-0.4, -0.2) is 36.3 Å². The van der Waals surface area contributed by atoms with E-state index in [9.17, 15) is 0 Å². The van der Waals surface area contributed by atoms with Crippen molar-refractivity contribution in [3.63, 3.8) is 0 Å². The van der Waals surface area contributed by atoms with Crippen molar-refractivity contribution in [2.75, 3.05) is 6.61 Å². The van der Waals surface area contributed by atoms with Crippen molar-refractivity contribution in [3.8, 4) is 0 Å². The third-order valence-corrected chi connectivity index (χ3v) is 72.1. The van der Waals surface area contributed by atoms with Crippen molar-refractivity contribution in [1.29, 1.82) is 0 Å². The molecular weight excluding hydrogens is 260 g/mol. The van der Waals surface area contributed by atoms with Crippen LogP contribution >= 0.6 is 0 Å². The molecule has 0 aromatic carbocycles. The van der Waals surface area contributed by atoms with Crippen LogP contribution in [0.15, 0.2) is 0 Å². The summed E-state index contributed by atoms with van der Waals surface area (Å²) in [6.45, 7) is 26.3. The first-order valence-electron chi connectivity index (χ1n) is 6.45. The van der Waals surface area contributed by atoms with Gasteiger partial charge in [-0.1, -0.05) is 45.8 Å². The zero-order chi connectivity index (χ0) is 13.4. The van der Waals surface area contributed by atoms with Gasteiger partial charge in [0.15, 0.2) is 7.83 Å². The average Bonchev–Trinajstić information content (AvgIpc) is 2.01. The van der Waals surface area contributed by atoms with Gasteiger partial charge in [0.25, 0.3) is 0 Å². The summed E-state index contributed by atoms with van der Waals surface area (Å²) >= 11 is 0. The molecule has 0 aliphatic heterocycles. The third-order valence-electron chi connectivity index (χ3n) is 5.45. The minimum absolute atomic E-state index is 0.909. The van der Waals surface area contributed by atoms with Gasteiger partial charge in [0.05, 0.1) is 7.11 Å². The van der Waals surface area contributed by atoms with Crippen LogP contribution in [0.25, 0.3) is 0 Å². The molecule has 16 heavy (non-hydrogen) atoms. The summed E-state index contributed by atoms with van der Waals surface area (Å²) in [5, 5.41) is 0. The van der Waals surface area contributed by atoms with E-state index < -0.39 is 29.6 Å². The maximum absolute atomic E-state index is 6.23. The van der Waals surface area contributed by atoms with Crippen molar-refractivity contribution in [2.45, 2.75) is 65.8 Å². The van der Waals surface area contributed by atoms with Crippen molar-refractivity contribution in [3.05, 3.63) is 0 Å². The van der Waals surface area contributed by atoms with Crippen LogP contribution in [0.3, 0.4) is 0 Å². The number of rotatable bonds is 5. The Morgan fingerprint density at radius 3 is 1.31 bits per heavy atom. The quantitative estimate of drug-likeness (QED) is 0.690. The molecule has 1 nitrogen and oxygen atoms in total. The molecule has 0 aromatic heterocycles. The van der Waals surface area contributed by atoms with Gasteiger partial charge in [-0.3, -0.25) is 0 Å². The molecule has 0 spiro atoms. The predicted octanol–water partition coefficient (Wildman–Crippen LogP) is 4.22. The summed E-state index contributed by atoms with van der Waals surface area (Å²) < 4.78 is 6.23. The van der Waals surface area contributed by atoms with Crippen LogP contribution in [0.5, 0.6) is 0 Å². The molecule has 0 heterocycles. The van der Waals surface area contributed by atoms with Crippen molar-refractivity contribution in [1.82, 2.24) is 0 Å². The van der Waals surface area contributed by atoms with E-state index in [4.69, 9.17) is 4.43 Å². The summed E-state index contributed by atoms with van der Waals surface area (Å²) in [7, 11) is -4.73. The monoisotopic (exact) mass is 292 g/mol. The van der Waals surface area contributed by atoms with Crippen molar-refractivity contribution < 1.29 is 4.43 Å². The molecule has 0 aliphatic rings. The minimum atomic E-state index is -1.44. The second-order valence-corrected chi connectivity index (χ2v) is 47.9. The zero-order valence-corrected chi connectivity index (χ0v) is 17.1. The topological polar surface area (TPSA) is 9.23 Å². The Hall–Kier alpha value is 0.828. The highest BCUT2D eigenvalue weighted by atomic mass is 29.8. The first kappa shape index (κ1) is 16.8. The van der Waals surface area contributed by atoms with Crippen LogP contribution in [0.4, 0.5) is 0 Å². The summed E-state index contributed by atoms with van der Waals surface area (Å²) in [4.78, 5) is 0. The fraction of sp³-hybridized carbons (Fsp3) is 1.00. The van der Waals surface area contributed by atoms with Crippen LogP contribution in [0.2, 0.25) is 58.9 Å². The second kappa shape index (κ2) is 4.83. The molecule has 0 amide bonds. The average molecular weight is 293 g/mol. The molecular formula is C11H32OSi4. The Bertz CT molecular complexity index is 241. The zero-order valence-electron chi connectivity index (χ0n) is 13.1. The van der Waals surface area contributed by atoms with E-state index in [-0.39, 0.29) is 0 Å². The summed E-state index contributed by atoms with van der Waals surface area (Å²) in [6, 6.07) is 0. The fourth-order valence-electron chi connectivity index (χ4n) is 2.23. The van der Waals surface area contributed by atoms with E-state index >= 15 is 0 Å². The molecule has 98 valence electrons. The highest BCUT2D eigenvalue weighted by Gasteiger charge is 2.58. The molecule has 0 bridgehead atoms. The van der Waals surface area contributed by atoms with E-state index in [1.165, 1.54) is 0 Å². The summed E-state index contributed by atoms with van der Waals surface area (Å²) in [5.74, 6) is 0. The molecule has 0 rings (SSSR count). The largest absolute Gasteiger partial charge is 0.421 e. The third kappa shape index (κ3) is 2.80. The van der Waals surface area contributed by atoms with Crippen LogP contribution in [-0.2, 0) is 4.43 Å². The van der Waals surface area contributed by atoms with E-state index in [1.807, 2.05) is 0 Å². The lowest BCUT2D eigenvalue weighted by Crippen LogP contribution is -2.79. The van der Waals surface area contributed by atoms with Gasteiger partial charge in [0, 0.05) is 21.3 Å². The SMILES string of the molecule is CCO[Si](C)(C)[Si](C)(C)[Si](C)(C)[Si](C)(C)C. The Labute approximate surface area is 107 Å². The lowest BCUT2D eigenvalue weighted by atomic mass is 10.9. The van der Waals surface area contributed by atoms with Gasteiger partial charge in [0.2, 0.25) is 0 Å². The molecule has 0 aromatic rings. The van der Waals surface area contributed by atoms with Gasteiger partial charge >= 0.3 is 0 Å². The van der Waals surface area contributed by atoms with Gasteiger partial charge in [-0.05, 0) is 20.0 Å². The van der Waals surface area contributed by atoms with E-state index in [0.717, 1.165) is 6.61 Å². The molecule has 0 radical (unpaired) electrons. The van der Waals surface area contributed by atoms with Gasteiger partial charge in [0.1, 0.15) is 0 Å². The van der Waals surface area contributed by atoms with E-state index in [1.54, 1.807) is 0 Å². The Morgan fingerprint density at radius 2 is 1.06 bits per heavy atom. The maximum Gasteiger partial charge on any atom is 0.170 e. The molecule has 0 saturated carbocycles. The highest BCUT2D eigenvalue weighted by molar-refractivity contribution is 7.82. The Kier molecular flexibility index (Phi) is 5.08. The second-order valence-electron chi connectivity index (χ2n) is 7.44. The maximum atomic E-state index is 6.23. The molecule has 5 heteroatoms. The predicted molar refractivity (Wildman–Crippen MR) is 87.4 cm³/mol. The Balaban J connectivity index is 5.34. The molecule has 0 N–H and O–H groups in total. The van der Waals surface area contributed by atoms with Crippen LogP contribution < -0.4 is 0 Å². The lowest BCUT2D eigenvalue weighted by Gasteiger charge is -2.53. The molecule has 0 fully saturated rings. The van der Waals surface area contributed by atoms with Gasteiger partial charge in [-0.25, -0.2) is 0 Å². The number of hydrogen-bond acceptors (Lipinski definition) is 1. The standard InChI is InChI=1S/C11H32OSi4/c1-11-12-14(5,6)16(9,10)15(7,8)13(2,3)4/h11H2,1-10H3. The van der Waals surface area contributed by atoms with E-state index in [0.29, 0.717) is 0 Å². The summed E-state index contributed by atoms with van der Waals surface area (Å²) in [6.07, 6.45) is 0. The first-order valence-corrected chi connectivity index (χ1v) is 21.9. The van der Waals surface area contributed by atoms with E-state index in [2.05, 4.69) is 65.8 Å². The van der Waals surface area contributed by atoms with Gasteiger partial charge in [-0.2, -0.15) is 0 Å². The minimum Gasteiger partial charge on any atom is -0.421 e. The van der Waals surface area contributed by atoms with Gasteiger partial charge in [-0.15, -0.1) is 0 Å². The molecule has 0 saturated heterocycles. The molecule has 0 unspecified atom stereocenters. The Morgan fingerprint density at radius 1 is 0.688 bits per heavy atom. The normalized spacial score (nSPS) is 15.4. The molecule has 0 atom stereocenters. The smallest absolute Gasteiger partial charge is 0.170 e. The van der Waals surface area contributed by atoms with Crippen molar-refractivity contribution in [2.24, 2.45) is 0 Å².